The molecule has 2 heterocycles. The minimum absolute atomic E-state index is 0.555. The van der Waals surface area contributed by atoms with Crippen molar-refractivity contribution in [1.29, 1.82) is 0 Å². The maximum absolute atomic E-state index is 11.2. The van der Waals surface area contributed by atoms with Gasteiger partial charge < -0.3 is 9.80 Å². The Morgan fingerprint density at radius 1 is 1.37 bits per heavy atom. The van der Waals surface area contributed by atoms with Crippen LogP contribution in [0.2, 0.25) is 0 Å². The molecule has 1 aliphatic heterocycles. The van der Waals surface area contributed by atoms with Gasteiger partial charge in [-0.15, -0.1) is 0 Å². The lowest BCUT2D eigenvalue weighted by atomic mass is 10.1. The first kappa shape index (κ1) is 13.1. The molecule has 0 aromatic carbocycles. The number of aromatic nitrogens is 1. The van der Waals surface area contributed by atoms with Crippen molar-refractivity contribution in [2.24, 2.45) is 0 Å². The van der Waals surface area contributed by atoms with E-state index in [0.717, 1.165) is 35.1 Å². The van der Waals surface area contributed by atoms with E-state index in [1.165, 1.54) is 25.7 Å². The second-order valence-electron chi connectivity index (χ2n) is 5.84. The number of carbonyl (C=O) groups is 1. The minimum Gasteiger partial charge on any atom is -0.347 e. The van der Waals surface area contributed by atoms with E-state index in [1.807, 2.05) is 0 Å². The average molecular weight is 279 g/mol. The van der Waals surface area contributed by atoms with Gasteiger partial charge in [-0.1, -0.05) is 11.3 Å². The van der Waals surface area contributed by atoms with Gasteiger partial charge in [-0.25, -0.2) is 4.98 Å². The van der Waals surface area contributed by atoms with E-state index in [0.29, 0.717) is 12.0 Å². The Morgan fingerprint density at radius 2 is 2.16 bits per heavy atom. The lowest BCUT2D eigenvalue weighted by Crippen LogP contribution is -2.45. The molecule has 5 heteroatoms. The summed E-state index contributed by atoms with van der Waals surface area (Å²) < 4.78 is 0. The van der Waals surface area contributed by atoms with E-state index in [-0.39, 0.29) is 0 Å². The Kier molecular flexibility index (Phi) is 3.58. The third-order valence-electron chi connectivity index (χ3n) is 4.14. The summed E-state index contributed by atoms with van der Waals surface area (Å²) in [5.41, 5.74) is 1.06. The van der Waals surface area contributed by atoms with Crippen LogP contribution in [-0.2, 0) is 0 Å². The highest BCUT2D eigenvalue weighted by Crippen LogP contribution is 2.43. The van der Waals surface area contributed by atoms with E-state index in [9.17, 15) is 4.79 Å². The quantitative estimate of drug-likeness (QED) is 0.793. The molecule has 0 amide bonds. The number of anilines is 1. The van der Waals surface area contributed by atoms with Crippen molar-refractivity contribution in [2.75, 3.05) is 32.1 Å². The van der Waals surface area contributed by atoms with Gasteiger partial charge in [0.15, 0.2) is 11.4 Å². The maximum atomic E-state index is 11.2. The molecule has 0 bridgehead atoms. The molecule has 104 valence electrons. The molecule has 0 radical (unpaired) electrons. The van der Waals surface area contributed by atoms with Gasteiger partial charge in [0.05, 0.1) is 10.6 Å². The van der Waals surface area contributed by atoms with E-state index in [4.69, 9.17) is 4.98 Å². The molecule has 0 N–H and O–H groups in total. The van der Waals surface area contributed by atoms with Gasteiger partial charge in [0.25, 0.3) is 0 Å². The predicted octanol–water partition coefficient (Wildman–Crippen LogP) is 2.36. The van der Waals surface area contributed by atoms with Crippen molar-refractivity contribution in [3.63, 3.8) is 0 Å². The van der Waals surface area contributed by atoms with Crippen LogP contribution in [-0.4, -0.2) is 49.4 Å². The van der Waals surface area contributed by atoms with E-state index in [1.54, 1.807) is 11.3 Å². The Morgan fingerprint density at radius 3 is 2.79 bits per heavy atom. The molecule has 1 aliphatic carbocycles. The Hall–Kier alpha value is -0.940. The van der Waals surface area contributed by atoms with Crippen molar-refractivity contribution in [1.82, 2.24) is 9.88 Å². The fraction of sp³-hybridized carbons (Fsp3) is 0.714. The SMILES string of the molecule is CN(C)C1CCCN(c2nc(C3CC3)c(C=O)s2)C1. The number of likely N-dealkylation sites (N-methyl/N-ethyl adjacent to an activating group) is 1. The lowest BCUT2D eigenvalue weighted by molar-refractivity contribution is 0.112. The van der Waals surface area contributed by atoms with Gasteiger partial charge >= 0.3 is 0 Å². The monoisotopic (exact) mass is 279 g/mol. The number of nitrogens with zero attached hydrogens (tertiary/aromatic N) is 3. The zero-order chi connectivity index (χ0) is 13.4. The summed E-state index contributed by atoms with van der Waals surface area (Å²) in [5, 5.41) is 1.05. The Labute approximate surface area is 118 Å². The molecule has 1 saturated heterocycles. The van der Waals surface area contributed by atoms with Gasteiger partial charge in [-0.05, 0) is 39.8 Å². The van der Waals surface area contributed by atoms with Crippen molar-refractivity contribution < 1.29 is 4.79 Å². The number of hydrogen-bond acceptors (Lipinski definition) is 5. The van der Waals surface area contributed by atoms with Crippen LogP contribution in [0.4, 0.5) is 5.13 Å². The van der Waals surface area contributed by atoms with Crippen LogP contribution in [0.5, 0.6) is 0 Å². The lowest BCUT2D eigenvalue weighted by Gasteiger charge is -2.35. The molecule has 1 aromatic heterocycles. The predicted molar refractivity (Wildman–Crippen MR) is 78.4 cm³/mol. The second-order valence-corrected chi connectivity index (χ2v) is 6.85. The molecular weight excluding hydrogens is 258 g/mol. The van der Waals surface area contributed by atoms with Crippen molar-refractivity contribution in [2.45, 2.75) is 37.6 Å². The van der Waals surface area contributed by atoms with E-state index < -0.39 is 0 Å². The van der Waals surface area contributed by atoms with E-state index in [2.05, 4.69) is 23.9 Å². The van der Waals surface area contributed by atoms with Crippen LogP contribution in [0.25, 0.3) is 0 Å². The molecule has 1 aromatic rings. The topological polar surface area (TPSA) is 36.4 Å². The van der Waals surface area contributed by atoms with Gasteiger partial charge in [0.1, 0.15) is 0 Å². The molecule has 2 aliphatic rings. The van der Waals surface area contributed by atoms with Crippen LogP contribution in [0.1, 0.15) is 47.0 Å². The van der Waals surface area contributed by atoms with E-state index >= 15 is 0 Å². The zero-order valence-electron chi connectivity index (χ0n) is 11.6. The number of aldehydes is 1. The first-order valence-electron chi connectivity index (χ1n) is 7.06. The third kappa shape index (κ3) is 2.67. The van der Waals surface area contributed by atoms with Crippen LogP contribution in [0, 0.1) is 0 Å². The van der Waals surface area contributed by atoms with Crippen LogP contribution in [0.3, 0.4) is 0 Å². The zero-order valence-corrected chi connectivity index (χ0v) is 12.4. The number of thiazole rings is 1. The van der Waals surface area contributed by atoms with Crippen LogP contribution < -0.4 is 4.90 Å². The first-order chi connectivity index (χ1) is 9.19. The summed E-state index contributed by atoms with van der Waals surface area (Å²) in [6, 6.07) is 0.599. The van der Waals surface area contributed by atoms with Crippen molar-refractivity contribution in [3.8, 4) is 0 Å². The molecule has 1 unspecified atom stereocenters. The Balaban J connectivity index is 1.79. The average Bonchev–Trinajstić information content (AvgIpc) is 3.18. The largest absolute Gasteiger partial charge is 0.347 e. The summed E-state index contributed by atoms with van der Waals surface area (Å²) in [6.07, 6.45) is 5.85. The van der Waals surface area contributed by atoms with Gasteiger partial charge in [0.2, 0.25) is 0 Å². The highest BCUT2D eigenvalue weighted by molar-refractivity contribution is 7.17. The fourth-order valence-corrected chi connectivity index (χ4v) is 3.75. The number of hydrogen-bond donors (Lipinski definition) is 0. The molecule has 19 heavy (non-hydrogen) atoms. The summed E-state index contributed by atoms with van der Waals surface area (Å²) in [4.78, 5) is 21.4. The standard InChI is InChI=1S/C14H21N3OS/c1-16(2)11-4-3-7-17(8-11)14-15-13(10-5-6-10)12(9-18)19-14/h9-11H,3-8H2,1-2H3. The smallest absolute Gasteiger partial charge is 0.186 e. The summed E-state index contributed by atoms with van der Waals surface area (Å²) in [6.45, 7) is 2.10. The number of carbonyl (C=O) groups excluding carboxylic acids is 1. The summed E-state index contributed by atoms with van der Waals surface area (Å²) in [5.74, 6) is 0.555. The normalized spacial score (nSPS) is 23.9. The van der Waals surface area contributed by atoms with Crippen LogP contribution >= 0.6 is 11.3 Å². The fourth-order valence-electron chi connectivity index (χ4n) is 2.75. The second kappa shape index (κ2) is 5.21. The highest BCUT2D eigenvalue weighted by Gasteiger charge is 2.31. The molecule has 4 nitrogen and oxygen atoms in total. The molecule has 1 saturated carbocycles. The number of rotatable bonds is 4. The summed E-state index contributed by atoms with van der Waals surface area (Å²) >= 11 is 1.58. The molecule has 3 rings (SSSR count). The molecular formula is C14H21N3OS. The maximum Gasteiger partial charge on any atom is 0.186 e. The van der Waals surface area contributed by atoms with Gasteiger partial charge in [-0.2, -0.15) is 0 Å². The Bertz CT molecular complexity index is 467. The summed E-state index contributed by atoms with van der Waals surface area (Å²) in [7, 11) is 4.28. The highest BCUT2D eigenvalue weighted by atomic mass is 32.1. The van der Waals surface area contributed by atoms with Crippen molar-refractivity contribution >= 4 is 22.8 Å². The van der Waals surface area contributed by atoms with Gasteiger partial charge in [-0.3, -0.25) is 4.79 Å². The van der Waals surface area contributed by atoms with Crippen molar-refractivity contribution in [3.05, 3.63) is 10.6 Å². The van der Waals surface area contributed by atoms with Crippen LogP contribution in [0.15, 0.2) is 0 Å². The third-order valence-corrected chi connectivity index (χ3v) is 5.20. The molecule has 2 fully saturated rings. The first-order valence-corrected chi connectivity index (χ1v) is 7.88. The van der Waals surface area contributed by atoms with Gasteiger partial charge in [0, 0.05) is 25.0 Å². The molecule has 1 atom stereocenters. The molecule has 0 spiro atoms. The number of piperidine rings is 1. The minimum atomic E-state index is 0.555.